The maximum atomic E-state index is 12.7. The summed E-state index contributed by atoms with van der Waals surface area (Å²) in [5.41, 5.74) is 4.14. The van der Waals surface area contributed by atoms with Crippen LogP contribution in [0, 0.1) is 5.92 Å². The summed E-state index contributed by atoms with van der Waals surface area (Å²) in [6.07, 6.45) is 3.57. The first-order valence-corrected chi connectivity index (χ1v) is 10.6. The van der Waals surface area contributed by atoms with Gasteiger partial charge in [-0.3, -0.25) is 9.59 Å². The van der Waals surface area contributed by atoms with E-state index in [0.717, 1.165) is 0 Å². The second kappa shape index (κ2) is 11.9. The molecule has 32 heavy (non-hydrogen) atoms. The molecule has 0 aliphatic carbocycles. The van der Waals surface area contributed by atoms with E-state index in [0.29, 0.717) is 40.5 Å². The number of carbonyl (C=O) groups excluding carboxylic acids is 2. The van der Waals surface area contributed by atoms with Gasteiger partial charge in [0.2, 0.25) is 0 Å². The van der Waals surface area contributed by atoms with Crippen LogP contribution < -0.4 is 15.5 Å². The molecular weight excluding hydrogens is 430 g/mol. The lowest BCUT2D eigenvalue weighted by molar-refractivity contribution is -0.123. The summed E-state index contributed by atoms with van der Waals surface area (Å²) in [7, 11) is 0. The van der Waals surface area contributed by atoms with Crippen LogP contribution in [0.5, 0.6) is 11.5 Å². The van der Waals surface area contributed by atoms with Gasteiger partial charge in [-0.25, -0.2) is 5.43 Å². The third-order valence-corrected chi connectivity index (χ3v) is 4.82. The molecule has 0 spiro atoms. The largest absolute Gasteiger partial charge is 0.504 e. The molecule has 0 bridgehead atoms. The van der Waals surface area contributed by atoms with Gasteiger partial charge >= 0.3 is 0 Å². The van der Waals surface area contributed by atoms with E-state index in [1.165, 1.54) is 6.21 Å². The maximum absolute atomic E-state index is 12.7. The van der Waals surface area contributed by atoms with Gasteiger partial charge < -0.3 is 15.2 Å². The summed E-state index contributed by atoms with van der Waals surface area (Å²) in [5.74, 6) is -0.617. The minimum Gasteiger partial charge on any atom is -0.504 e. The molecule has 2 amide bonds. The Morgan fingerprint density at radius 2 is 1.94 bits per heavy atom. The Hall–Kier alpha value is -3.32. The minimum absolute atomic E-state index is 0.0534. The van der Waals surface area contributed by atoms with Gasteiger partial charge in [0, 0.05) is 16.1 Å². The number of allylic oxidation sites excluding steroid dienone is 1. The molecule has 2 aromatic rings. The van der Waals surface area contributed by atoms with E-state index in [1.54, 1.807) is 42.5 Å². The molecule has 1 unspecified atom stereocenters. The van der Waals surface area contributed by atoms with Crippen molar-refractivity contribution in [3.63, 3.8) is 0 Å². The summed E-state index contributed by atoms with van der Waals surface area (Å²) in [5, 5.41) is 17.5. The minimum atomic E-state index is -0.787. The fourth-order valence-corrected chi connectivity index (χ4v) is 3.07. The fraction of sp³-hybridized carbons (Fsp3) is 0.292. The molecule has 2 rings (SSSR count). The van der Waals surface area contributed by atoms with E-state index < -0.39 is 11.9 Å². The third kappa shape index (κ3) is 6.85. The van der Waals surface area contributed by atoms with Gasteiger partial charge in [-0.2, -0.15) is 5.10 Å². The van der Waals surface area contributed by atoms with Crippen molar-refractivity contribution in [3.05, 3.63) is 70.8 Å². The summed E-state index contributed by atoms with van der Waals surface area (Å²) in [6.45, 7) is 9.55. The highest BCUT2D eigenvalue weighted by molar-refractivity contribution is 6.30. The standard InChI is InChI=1S/C24H28ClN3O4/c1-5-7-18-12-16(13-20(22(18)29)32-6-2)14-26-28-24(31)21(15(3)4)27-23(30)17-8-10-19(25)11-9-17/h5,8-15,21,29H,1,6-7H2,2-4H3,(H,27,30)(H,28,31)/b26-14+. The number of benzene rings is 2. The predicted octanol–water partition coefficient (Wildman–Crippen LogP) is 4.08. The zero-order valence-electron chi connectivity index (χ0n) is 18.4. The lowest BCUT2D eigenvalue weighted by atomic mass is 10.0. The van der Waals surface area contributed by atoms with Crippen molar-refractivity contribution in [1.82, 2.24) is 10.7 Å². The van der Waals surface area contributed by atoms with E-state index in [-0.39, 0.29) is 17.6 Å². The van der Waals surface area contributed by atoms with Crippen LogP contribution in [0.25, 0.3) is 0 Å². The number of aromatic hydroxyl groups is 1. The number of amides is 2. The molecule has 0 saturated heterocycles. The Balaban J connectivity index is 2.11. The van der Waals surface area contributed by atoms with Gasteiger partial charge in [-0.05, 0) is 61.2 Å². The van der Waals surface area contributed by atoms with Crippen LogP contribution in [0.3, 0.4) is 0 Å². The normalized spacial score (nSPS) is 11.9. The molecule has 2 aromatic carbocycles. The highest BCUT2D eigenvalue weighted by atomic mass is 35.5. The first-order valence-electron chi connectivity index (χ1n) is 10.3. The van der Waals surface area contributed by atoms with Gasteiger partial charge in [-0.1, -0.05) is 31.5 Å². The number of nitrogens with zero attached hydrogens (tertiary/aromatic N) is 1. The zero-order valence-corrected chi connectivity index (χ0v) is 19.1. The quantitative estimate of drug-likeness (QED) is 0.284. The highest BCUT2D eigenvalue weighted by Crippen LogP contribution is 2.31. The molecular formula is C24H28ClN3O4. The van der Waals surface area contributed by atoms with Crippen molar-refractivity contribution in [2.45, 2.75) is 33.2 Å². The number of carbonyl (C=O) groups is 2. The number of hydrogen-bond acceptors (Lipinski definition) is 5. The second-order valence-electron chi connectivity index (χ2n) is 7.39. The molecule has 0 heterocycles. The lowest BCUT2D eigenvalue weighted by Crippen LogP contribution is -2.48. The lowest BCUT2D eigenvalue weighted by Gasteiger charge is -2.20. The van der Waals surface area contributed by atoms with Crippen LogP contribution in [0.4, 0.5) is 0 Å². The van der Waals surface area contributed by atoms with Crippen molar-refractivity contribution in [2.75, 3.05) is 6.61 Å². The smallest absolute Gasteiger partial charge is 0.262 e. The fourth-order valence-electron chi connectivity index (χ4n) is 2.94. The summed E-state index contributed by atoms with van der Waals surface area (Å²) in [6, 6.07) is 8.98. The Morgan fingerprint density at radius 1 is 1.25 bits per heavy atom. The van der Waals surface area contributed by atoms with Crippen LogP contribution in [0.2, 0.25) is 5.02 Å². The van der Waals surface area contributed by atoms with Gasteiger partial charge in [0.25, 0.3) is 11.8 Å². The van der Waals surface area contributed by atoms with Crippen molar-refractivity contribution >= 4 is 29.6 Å². The van der Waals surface area contributed by atoms with Gasteiger partial charge in [-0.15, -0.1) is 6.58 Å². The van der Waals surface area contributed by atoms with Gasteiger partial charge in [0.1, 0.15) is 6.04 Å². The van der Waals surface area contributed by atoms with E-state index in [1.807, 2.05) is 20.8 Å². The Labute approximate surface area is 193 Å². The van der Waals surface area contributed by atoms with Crippen LogP contribution in [-0.4, -0.2) is 35.8 Å². The molecule has 0 aliphatic heterocycles. The van der Waals surface area contributed by atoms with E-state index >= 15 is 0 Å². The number of phenols is 1. The third-order valence-electron chi connectivity index (χ3n) is 4.57. The molecule has 0 aromatic heterocycles. The molecule has 0 radical (unpaired) electrons. The molecule has 170 valence electrons. The highest BCUT2D eigenvalue weighted by Gasteiger charge is 2.24. The van der Waals surface area contributed by atoms with E-state index in [4.69, 9.17) is 16.3 Å². The average molecular weight is 458 g/mol. The second-order valence-corrected chi connectivity index (χ2v) is 7.83. The first-order chi connectivity index (χ1) is 15.3. The van der Waals surface area contributed by atoms with Crippen molar-refractivity contribution in [2.24, 2.45) is 11.0 Å². The van der Waals surface area contributed by atoms with Crippen molar-refractivity contribution in [1.29, 1.82) is 0 Å². The molecule has 8 heteroatoms. The van der Waals surface area contributed by atoms with E-state index in [2.05, 4.69) is 22.4 Å². The SMILES string of the molecule is C=CCc1cc(/C=N/NC(=O)C(NC(=O)c2ccc(Cl)cc2)C(C)C)cc(OCC)c1O. The van der Waals surface area contributed by atoms with E-state index in [9.17, 15) is 14.7 Å². The Kier molecular flexibility index (Phi) is 9.28. The number of rotatable bonds is 10. The number of halogens is 1. The van der Waals surface area contributed by atoms with Crippen molar-refractivity contribution in [3.8, 4) is 11.5 Å². The topological polar surface area (TPSA) is 100 Å². The number of hydrazone groups is 1. The molecule has 0 saturated carbocycles. The number of phenolic OH excluding ortho intramolecular Hbond substituents is 1. The number of nitrogens with one attached hydrogen (secondary N) is 2. The summed E-state index contributed by atoms with van der Waals surface area (Å²) < 4.78 is 5.47. The van der Waals surface area contributed by atoms with Gasteiger partial charge in [0.05, 0.1) is 12.8 Å². The number of hydrogen-bond donors (Lipinski definition) is 3. The van der Waals surface area contributed by atoms with Crippen LogP contribution >= 0.6 is 11.6 Å². The molecule has 0 aliphatic rings. The summed E-state index contributed by atoms with van der Waals surface area (Å²) >= 11 is 5.86. The van der Waals surface area contributed by atoms with Crippen molar-refractivity contribution < 1.29 is 19.4 Å². The maximum Gasteiger partial charge on any atom is 0.262 e. The van der Waals surface area contributed by atoms with Crippen LogP contribution in [0.1, 0.15) is 42.3 Å². The first kappa shape index (κ1) is 24.9. The Bertz CT molecular complexity index is 987. The van der Waals surface area contributed by atoms with Gasteiger partial charge in [0.15, 0.2) is 11.5 Å². The monoisotopic (exact) mass is 457 g/mol. The molecule has 0 fully saturated rings. The zero-order chi connectivity index (χ0) is 23.7. The number of ether oxygens (including phenoxy) is 1. The average Bonchev–Trinajstić information content (AvgIpc) is 2.75. The Morgan fingerprint density at radius 3 is 2.53 bits per heavy atom. The van der Waals surface area contributed by atoms with Crippen LogP contribution in [0.15, 0.2) is 54.2 Å². The molecule has 7 nitrogen and oxygen atoms in total. The summed E-state index contributed by atoms with van der Waals surface area (Å²) in [4.78, 5) is 25.1. The molecule has 1 atom stereocenters. The predicted molar refractivity (Wildman–Crippen MR) is 126 cm³/mol. The van der Waals surface area contributed by atoms with Crippen LogP contribution in [-0.2, 0) is 11.2 Å². The molecule has 3 N–H and O–H groups in total.